The minimum Gasteiger partial charge on any atom is -0.473 e. The number of para-hydroxylation sites is 1. The van der Waals surface area contributed by atoms with Gasteiger partial charge in [0.25, 0.3) is 0 Å². The first-order valence-corrected chi connectivity index (χ1v) is 8.76. The Kier molecular flexibility index (Phi) is 8.06. The summed E-state index contributed by atoms with van der Waals surface area (Å²) < 4.78 is 0. The number of carboxylic acids is 2. The Balaban J connectivity index is 0.000000380. The van der Waals surface area contributed by atoms with Crippen LogP contribution in [0.25, 0.3) is 6.08 Å². The molecule has 2 aromatic rings. The molecule has 0 spiro atoms. The molecule has 0 unspecified atom stereocenters. The molecule has 0 saturated carbocycles. The van der Waals surface area contributed by atoms with Crippen molar-refractivity contribution in [2.45, 2.75) is 0 Å². The van der Waals surface area contributed by atoms with Gasteiger partial charge in [-0.15, -0.1) is 0 Å². The van der Waals surface area contributed by atoms with Crippen LogP contribution in [0.1, 0.15) is 5.56 Å². The van der Waals surface area contributed by atoms with Crippen molar-refractivity contribution in [3.63, 3.8) is 0 Å². The van der Waals surface area contributed by atoms with Gasteiger partial charge in [0, 0.05) is 38.4 Å². The Morgan fingerprint density at radius 3 is 1.85 bits per heavy atom. The fourth-order valence-electron chi connectivity index (χ4n) is 2.73. The van der Waals surface area contributed by atoms with E-state index in [4.69, 9.17) is 19.8 Å². The minimum atomic E-state index is -1.82. The molecule has 142 valence electrons. The van der Waals surface area contributed by atoms with Gasteiger partial charge >= 0.3 is 11.9 Å². The van der Waals surface area contributed by atoms with Crippen LogP contribution < -0.4 is 4.90 Å². The van der Waals surface area contributed by atoms with Crippen LogP contribution in [0.3, 0.4) is 0 Å². The normalized spacial score (nSPS) is 14.4. The van der Waals surface area contributed by atoms with Crippen LogP contribution in [-0.2, 0) is 9.59 Å². The topological polar surface area (TPSA) is 81.1 Å². The van der Waals surface area contributed by atoms with E-state index in [1.165, 1.54) is 11.3 Å². The van der Waals surface area contributed by atoms with Crippen LogP contribution in [0, 0.1) is 0 Å². The molecular formula is C21H24N2O4. The van der Waals surface area contributed by atoms with Crippen LogP contribution in [0.5, 0.6) is 0 Å². The molecule has 0 radical (unpaired) electrons. The predicted molar refractivity (Wildman–Crippen MR) is 106 cm³/mol. The molecule has 27 heavy (non-hydrogen) atoms. The summed E-state index contributed by atoms with van der Waals surface area (Å²) in [4.78, 5) is 23.2. The lowest BCUT2D eigenvalue weighted by molar-refractivity contribution is -0.159. The lowest BCUT2D eigenvalue weighted by Crippen LogP contribution is -2.46. The molecule has 1 saturated heterocycles. The molecule has 3 rings (SSSR count). The first kappa shape index (κ1) is 20.2. The molecule has 2 aromatic carbocycles. The zero-order chi connectivity index (χ0) is 19.5. The van der Waals surface area contributed by atoms with E-state index in [2.05, 4.69) is 82.6 Å². The number of piperazine rings is 1. The fraction of sp³-hybridized carbons (Fsp3) is 0.238. The molecule has 1 heterocycles. The second-order valence-electron chi connectivity index (χ2n) is 6.05. The summed E-state index contributed by atoms with van der Waals surface area (Å²) in [6, 6.07) is 21.2. The van der Waals surface area contributed by atoms with Gasteiger partial charge in [-0.25, -0.2) is 9.59 Å². The maximum atomic E-state index is 9.10. The summed E-state index contributed by atoms with van der Waals surface area (Å²) in [5.41, 5.74) is 2.62. The molecule has 6 nitrogen and oxygen atoms in total. The number of anilines is 1. The number of rotatable bonds is 4. The Bertz CT molecular complexity index is 727. The predicted octanol–water partition coefficient (Wildman–Crippen LogP) is 2.68. The van der Waals surface area contributed by atoms with E-state index in [9.17, 15) is 0 Å². The second-order valence-corrected chi connectivity index (χ2v) is 6.05. The van der Waals surface area contributed by atoms with E-state index < -0.39 is 11.9 Å². The molecule has 0 aromatic heterocycles. The molecule has 0 aliphatic carbocycles. The number of benzene rings is 2. The second kappa shape index (κ2) is 10.8. The highest BCUT2D eigenvalue weighted by molar-refractivity contribution is 6.27. The van der Waals surface area contributed by atoms with Crippen molar-refractivity contribution < 1.29 is 19.8 Å². The molecule has 1 fully saturated rings. The average molecular weight is 368 g/mol. The van der Waals surface area contributed by atoms with Gasteiger partial charge in [-0.2, -0.15) is 0 Å². The summed E-state index contributed by atoms with van der Waals surface area (Å²) in [6.07, 6.45) is 4.48. The van der Waals surface area contributed by atoms with Crippen LogP contribution >= 0.6 is 0 Å². The van der Waals surface area contributed by atoms with E-state index in [1.54, 1.807) is 0 Å². The summed E-state index contributed by atoms with van der Waals surface area (Å²) in [5.74, 6) is -3.65. The van der Waals surface area contributed by atoms with Crippen molar-refractivity contribution in [2.75, 3.05) is 37.6 Å². The summed E-state index contributed by atoms with van der Waals surface area (Å²) in [7, 11) is 0. The number of hydrogen-bond acceptors (Lipinski definition) is 4. The highest BCUT2D eigenvalue weighted by atomic mass is 16.4. The molecule has 6 heteroatoms. The Hall–Kier alpha value is -3.12. The van der Waals surface area contributed by atoms with Crippen LogP contribution in [0.4, 0.5) is 5.69 Å². The Morgan fingerprint density at radius 2 is 1.33 bits per heavy atom. The third kappa shape index (κ3) is 7.33. The number of hydrogen-bond donors (Lipinski definition) is 2. The average Bonchev–Trinajstić information content (AvgIpc) is 2.70. The third-order valence-corrected chi connectivity index (χ3v) is 4.15. The maximum Gasteiger partial charge on any atom is 0.414 e. The van der Waals surface area contributed by atoms with E-state index >= 15 is 0 Å². The quantitative estimate of drug-likeness (QED) is 0.808. The lowest BCUT2D eigenvalue weighted by atomic mass is 10.2. The first-order valence-electron chi connectivity index (χ1n) is 8.76. The molecular weight excluding hydrogens is 344 g/mol. The van der Waals surface area contributed by atoms with Crippen LogP contribution in [0.15, 0.2) is 66.7 Å². The van der Waals surface area contributed by atoms with Crippen molar-refractivity contribution in [2.24, 2.45) is 0 Å². The number of aliphatic carboxylic acids is 2. The zero-order valence-corrected chi connectivity index (χ0v) is 15.1. The first-order chi connectivity index (χ1) is 13.1. The fourth-order valence-corrected chi connectivity index (χ4v) is 2.73. The van der Waals surface area contributed by atoms with Crippen LogP contribution in [-0.4, -0.2) is 59.8 Å². The van der Waals surface area contributed by atoms with Gasteiger partial charge in [-0.05, 0) is 17.7 Å². The molecule has 0 amide bonds. The maximum absolute atomic E-state index is 9.10. The van der Waals surface area contributed by atoms with Gasteiger partial charge in [0.1, 0.15) is 0 Å². The van der Waals surface area contributed by atoms with E-state index in [-0.39, 0.29) is 0 Å². The van der Waals surface area contributed by atoms with Gasteiger partial charge in [-0.1, -0.05) is 60.7 Å². The van der Waals surface area contributed by atoms with Gasteiger partial charge in [0.05, 0.1) is 0 Å². The number of carbonyl (C=O) groups is 2. The van der Waals surface area contributed by atoms with E-state index in [0.29, 0.717) is 0 Å². The summed E-state index contributed by atoms with van der Waals surface area (Å²) >= 11 is 0. The highest BCUT2D eigenvalue weighted by Crippen LogP contribution is 2.15. The van der Waals surface area contributed by atoms with Gasteiger partial charge < -0.3 is 15.1 Å². The standard InChI is InChI=1S/C19H22N2.C2H2O4/c1-3-8-18(9-4-1)10-7-13-20-14-16-21(17-15-20)19-11-5-2-6-12-19;3-1(4)2(5)6/h1-12H,13-17H2;(H,3,4)(H,5,6). The Labute approximate surface area is 159 Å². The number of nitrogens with zero attached hydrogens (tertiary/aromatic N) is 2. The minimum absolute atomic E-state index is 1.04. The third-order valence-electron chi connectivity index (χ3n) is 4.15. The van der Waals surface area contributed by atoms with Crippen molar-refractivity contribution in [3.8, 4) is 0 Å². The van der Waals surface area contributed by atoms with E-state index in [1.807, 2.05) is 0 Å². The number of carboxylic acid groups (broad SMARTS) is 2. The van der Waals surface area contributed by atoms with E-state index in [0.717, 1.165) is 32.7 Å². The van der Waals surface area contributed by atoms with Crippen molar-refractivity contribution in [1.29, 1.82) is 0 Å². The van der Waals surface area contributed by atoms with Gasteiger partial charge in [0.15, 0.2) is 0 Å². The molecule has 2 N–H and O–H groups in total. The molecule has 0 bridgehead atoms. The largest absolute Gasteiger partial charge is 0.473 e. The van der Waals surface area contributed by atoms with Crippen LogP contribution in [0.2, 0.25) is 0 Å². The van der Waals surface area contributed by atoms with Gasteiger partial charge in [0.2, 0.25) is 0 Å². The van der Waals surface area contributed by atoms with Gasteiger partial charge in [-0.3, -0.25) is 4.90 Å². The smallest absolute Gasteiger partial charge is 0.414 e. The summed E-state index contributed by atoms with van der Waals surface area (Å²) in [5, 5.41) is 14.8. The molecule has 0 atom stereocenters. The molecule has 1 aliphatic rings. The lowest BCUT2D eigenvalue weighted by Gasteiger charge is -2.35. The summed E-state index contributed by atoms with van der Waals surface area (Å²) in [6.45, 7) is 5.53. The molecule has 1 aliphatic heterocycles. The zero-order valence-electron chi connectivity index (χ0n) is 15.1. The highest BCUT2D eigenvalue weighted by Gasteiger charge is 2.15. The monoisotopic (exact) mass is 368 g/mol. The van der Waals surface area contributed by atoms with Crippen molar-refractivity contribution in [1.82, 2.24) is 4.90 Å². The van der Waals surface area contributed by atoms with Crippen molar-refractivity contribution >= 4 is 23.7 Å². The SMILES string of the molecule is C(=Cc1ccccc1)CN1CCN(c2ccccc2)CC1.O=C(O)C(=O)O. The van der Waals surface area contributed by atoms with Crippen molar-refractivity contribution in [3.05, 3.63) is 72.3 Å². The Morgan fingerprint density at radius 1 is 0.815 bits per heavy atom.